The first-order valence-corrected chi connectivity index (χ1v) is 11.7. The van der Waals surface area contributed by atoms with Crippen molar-refractivity contribution in [3.05, 3.63) is 54.1 Å². The summed E-state index contributed by atoms with van der Waals surface area (Å²) in [4.78, 5) is 23.0. The molecule has 0 saturated carbocycles. The summed E-state index contributed by atoms with van der Waals surface area (Å²) < 4.78 is 16.9. The Hall–Kier alpha value is -2.86. The van der Waals surface area contributed by atoms with E-state index in [0.717, 1.165) is 48.6 Å². The number of hydrogen-bond acceptors (Lipinski definition) is 5. The number of benzene rings is 2. The fraction of sp³-hybridized carbons (Fsp3) is 0.500. The molecule has 6 nitrogen and oxygen atoms in total. The standard InChI is InChI=1S/C27H38NO5.CH4/c1-22(29)33-26-13-11-12-25(21-26)31-18-9-7-5-6-8-10-19-32-27(30)20-23-14-16-24(17-15-23)28(2,3)4;/h11-17,21H,5-10,18-20H2,1-4H3;1H4/q+1;. The van der Waals surface area contributed by atoms with Gasteiger partial charge in [-0.25, -0.2) is 0 Å². The molecule has 6 heteroatoms. The first-order valence-electron chi connectivity index (χ1n) is 11.7. The van der Waals surface area contributed by atoms with Crippen LogP contribution in [-0.4, -0.2) is 46.3 Å². The van der Waals surface area contributed by atoms with Gasteiger partial charge in [-0.15, -0.1) is 0 Å². The number of nitrogens with zero attached hydrogens (tertiary/aromatic N) is 1. The molecule has 2 rings (SSSR count). The minimum atomic E-state index is -0.341. The number of unbranched alkanes of at least 4 members (excludes halogenated alkanes) is 5. The molecule has 0 atom stereocenters. The van der Waals surface area contributed by atoms with E-state index in [2.05, 4.69) is 33.3 Å². The Morgan fingerprint density at radius 3 is 2.00 bits per heavy atom. The van der Waals surface area contributed by atoms with Crippen molar-refractivity contribution in [3.8, 4) is 11.5 Å². The van der Waals surface area contributed by atoms with E-state index in [9.17, 15) is 9.59 Å². The first kappa shape index (κ1) is 29.2. The van der Waals surface area contributed by atoms with Crippen LogP contribution in [0.15, 0.2) is 48.5 Å². The topological polar surface area (TPSA) is 61.8 Å². The van der Waals surface area contributed by atoms with Crippen molar-refractivity contribution in [2.75, 3.05) is 34.4 Å². The van der Waals surface area contributed by atoms with Crippen molar-refractivity contribution in [2.24, 2.45) is 0 Å². The monoisotopic (exact) mass is 472 g/mol. The smallest absolute Gasteiger partial charge is 0.310 e. The highest BCUT2D eigenvalue weighted by molar-refractivity contribution is 5.72. The summed E-state index contributed by atoms with van der Waals surface area (Å²) in [6, 6.07) is 15.2. The number of quaternary nitrogens is 1. The molecule has 0 N–H and O–H groups in total. The maximum absolute atomic E-state index is 12.0. The third kappa shape index (κ3) is 11.8. The Balaban J connectivity index is 0.00000578. The zero-order chi connectivity index (χ0) is 24.1. The maximum atomic E-state index is 12.0. The molecule has 0 aliphatic heterocycles. The van der Waals surface area contributed by atoms with E-state index in [4.69, 9.17) is 14.2 Å². The number of rotatable bonds is 14. The van der Waals surface area contributed by atoms with Crippen LogP contribution >= 0.6 is 0 Å². The van der Waals surface area contributed by atoms with Gasteiger partial charge in [-0.05, 0) is 42.7 Å². The molecular weight excluding hydrogens is 430 g/mol. The van der Waals surface area contributed by atoms with E-state index in [1.807, 2.05) is 24.3 Å². The van der Waals surface area contributed by atoms with Gasteiger partial charge >= 0.3 is 11.9 Å². The van der Waals surface area contributed by atoms with Crippen LogP contribution in [-0.2, 0) is 20.7 Å². The quantitative estimate of drug-likeness (QED) is 0.147. The molecule has 0 spiro atoms. The van der Waals surface area contributed by atoms with Crippen LogP contribution < -0.4 is 14.0 Å². The third-order valence-electron chi connectivity index (χ3n) is 5.20. The number of carbonyl (C=O) groups excluding carboxylic acids is 2. The van der Waals surface area contributed by atoms with Gasteiger partial charge in [0.2, 0.25) is 0 Å². The van der Waals surface area contributed by atoms with Crippen molar-refractivity contribution in [3.63, 3.8) is 0 Å². The average Bonchev–Trinajstić information content (AvgIpc) is 2.74. The molecule has 2 aromatic rings. The van der Waals surface area contributed by atoms with Crippen LogP contribution in [0.25, 0.3) is 0 Å². The lowest BCUT2D eigenvalue weighted by atomic mass is 10.1. The molecule has 0 aliphatic rings. The summed E-state index contributed by atoms with van der Waals surface area (Å²) in [5, 5.41) is 0. The van der Waals surface area contributed by atoms with Gasteiger partial charge in [0, 0.05) is 13.0 Å². The molecule has 0 unspecified atom stereocenters. The van der Waals surface area contributed by atoms with Gasteiger partial charge in [0.25, 0.3) is 0 Å². The molecule has 0 heterocycles. The number of ether oxygens (including phenoxy) is 3. The maximum Gasteiger partial charge on any atom is 0.310 e. The fourth-order valence-corrected chi connectivity index (χ4v) is 3.36. The van der Waals surface area contributed by atoms with Gasteiger partial charge in [0.1, 0.15) is 17.2 Å². The van der Waals surface area contributed by atoms with Crippen LogP contribution in [0.5, 0.6) is 11.5 Å². The lowest BCUT2D eigenvalue weighted by Gasteiger charge is -2.23. The normalized spacial score (nSPS) is 10.8. The van der Waals surface area contributed by atoms with Crippen LogP contribution in [0, 0.1) is 0 Å². The number of hydrogen-bond donors (Lipinski definition) is 0. The van der Waals surface area contributed by atoms with Crippen LogP contribution in [0.3, 0.4) is 0 Å². The summed E-state index contributed by atoms with van der Waals surface area (Å²) in [5.74, 6) is 0.702. The zero-order valence-electron chi connectivity index (χ0n) is 20.5. The van der Waals surface area contributed by atoms with Gasteiger partial charge in [-0.3, -0.25) is 14.1 Å². The Morgan fingerprint density at radius 1 is 0.794 bits per heavy atom. The summed E-state index contributed by atoms with van der Waals surface area (Å²) in [5.41, 5.74) is 2.18. The summed E-state index contributed by atoms with van der Waals surface area (Å²) >= 11 is 0. The molecule has 34 heavy (non-hydrogen) atoms. The van der Waals surface area contributed by atoms with Crippen molar-refractivity contribution < 1.29 is 23.8 Å². The molecule has 0 saturated heterocycles. The van der Waals surface area contributed by atoms with E-state index in [0.29, 0.717) is 31.1 Å². The molecule has 0 radical (unpaired) electrons. The SMILES string of the molecule is C.CC(=O)Oc1cccc(OCCCCCCCCOC(=O)Cc2ccc([N+](C)(C)C)cc2)c1. The zero-order valence-corrected chi connectivity index (χ0v) is 20.5. The van der Waals surface area contributed by atoms with E-state index >= 15 is 0 Å². The summed E-state index contributed by atoms with van der Waals surface area (Å²) in [7, 11) is 6.35. The summed E-state index contributed by atoms with van der Waals surface area (Å²) in [6.07, 6.45) is 6.57. The van der Waals surface area contributed by atoms with Crippen LogP contribution in [0.2, 0.25) is 0 Å². The molecule has 188 valence electrons. The van der Waals surface area contributed by atoms with E-state index in [1.54, 1.807) is 12.1 Å². The van der Waals surface area contributed by atoms with Crippen LogP contribution in [0.4, 0.5) is 5.69 Å². The van der Waals surface area contributed by atoms with Crippen molar-refractivity contribution in [1.82, 2.24) is 4.48 Å². The second kappa shape index (κ2) is 15.1. The highest BCUT2D eigenvalue weighted by Gasteiger charge is 2.12. The second-order valence-corrected chi connectivity index (χ2v) is 9.11. The number of esters is 2. The Kier molecular flexibility index (Phi) is 13.0. The predicted octanol–water partition coefficient (Wildman–Crippen LogP) is 5.95. The molecule has 0 amide bonds. The molecular formula is C28H42NO5+. The minimum Gasteiger partial charge on any atom is -0.493 e. The summed E-state index contributed by atoms with van der Waals surface area (Å²) in [6.45, 7) is 2.50. The lowest BCUT2D eigenvalue weighted by molar-refractivity contribution is -0.143. The van der Waals surface area contributed by atoms with Gasteiger partial charge in [-0.2, -0.15) is 0 Å². The van der Waals surface area contributed by atoms with Gasteiger partial charge < -0.3 is 14.2 Å². The van der Waals surface area contributed by atoms with Gasteiger partial charge in [0.15, 0.2) is 0 Å². The lowest BCUT2D eigenvalue weighted by Crippen LogP contribution is -2.34. The van der Waals surface area contributed by atoms with E-state index in [-0.39, 0.29) is 19.4 Å². The Bertz CT molecular complexity index is 871. The number of carbonyl (C=O) groups is 2. The van der Waals surface area contributed by atoms with Gasteiger partial charge in [-0.1, -0.05) is 51.3 Å². The van der Waals surface area contributed by atoms with Gasteiger partial charge in [0.05, 0.1) is 40.8 Å². The van der Waals surface area contributed by atoms with Crippen LogP contribution in [0.1, 0.15) is 58.4 Å². The first-order chi connectivity index (χ1) is 15.7. The predicted molar refractivity (Wildman–Crippen MR) is 138 cm³/mol. The third-order valence-corrected chi connectivity index (χ3v) is 5.20. The van der Waals surface area contributed by atoms with Crippen molar-refractivity contribution in [2.45, 2.75) is 59.3 Å². The second-order valence-electron chi connectivity index (χ2n) is 9.11. The molecule has 0 aliphatic carbocycles. The largest absolute Gasteiger partial charge is 0.493 e. The Labute approximate surface area is 205 Å². The molecule has 2 aromatic carbocycles. The highest BCUT2D eigenvalue weighted by atomic mass is 16.5. The molecule has 0 aromatic heterocycles. The average molecular weight is 473 g/mol. The molecule has 0 bridgehead atoms. The Morgan fingerprint density at radius 2 is 1.38 bits per heavy atom. The van der Waals surface area contributed by atoms with E-state index in [1.165, 1.54) is 12.6 Å². The highest BCUT2D eigenvalue weighted by Crippen LogP contribution is 2.20. The van der Waals surface area contributed by atoms with Crippen molar-refractivity contribution >= 4 is 17.6 Å². The van der Waals surface area contributed by atoms with Crippen molar-refractivity contribution in [1.29, 1.82) is 0 Å². The van der Waals surface area contributed by atoms with E-state index < -0.39 is 0 Å². The molecule has 0 fully saturated rings. The minimum absolute atomic E-state index is 0. The fourth-order valence-electron chi connectivity index (χ4n) is 3.36.